The highest BCUT2D eigenvalue weighted by Crippen LogP contribution is 2.25. The van der Waals surface area contributed by atoms with E-state index in [9.17, 15) is 4.79 Å². The molecular weight excluding hydrogens is 349 g/mol. The van der Waals surface area contributed by atoms with Crippen LogP contribution in [0.25, 0.3) is 11.3 Å². The highest BCUT2D eigenvalue weighted by Gasteiger charge is 2.31. The maximum absolute atomic E-state index is 12.7. The Morgan fingerprint density at radius 2 is 2.21 bits per heavy atom. The lowest BCUT2D eigenvalue weighted by atomic mass is 9.96. The Hall–Kier alpha value is -1.56. The molecule has 5 nitrogen and oxygen atoms in total. The first-order valence-corrected chi connectivity index (χ1v) is 8.23. The first kappa shape index (κ1) is 18.8. The molecule has 3 rings (SSSR count). The van der Waals surface area contributed by atoms with Gasteiger partial charge in [0.05, 0.1) is 0 Å². The van der Waals surface area contributed by atoms with Crippen LogP contribution in [0, 0.1) is 0 Å². The normalized spacial score (nSPS) is 18.8. The molecular formula is C17H21Cl2N3O2. The fraction of sp³-hybridized carbons (Fsp3) is 0.412. The zero-order valence-corrected chi connectivity index (χ0v) is 15.0. The Morgan fingerprint density at radius 1 is 1.42 bits per heavy atom. The fourth-order valence-corrected chi connectivity index (χ4v) is 3.25. The molecule has 0 spiro atoms. The van der Waals surface area contributed by atoms with E-state index >= 15 is 0 Å². The number of hydrogen-bond donors (Lipinski definition) is 1. The second-order valence-electron chi connectivity index (χ2n) is 6.01. The minimum Gasteiger partial charge on any atom is -0.350 e. The molecule has 1 amide bonds. The predicted octanol–water partition coefficient (Wildman–Crippen LogP) is 3.76. The highest BCUT2D eigenvalue weighted by atomic mass is 35.5. The lowest BCUT2D eigenvalue weighted by Gasteiger charge is -2.37. The second kappa shape index (κ2) is 8.01. The van der Waals surface area contributed by atoms with Crippen LogP contribution in [0.15, 0.2) is 34.9 Å². The summed E-state index contributed by atoms with van der Waals surface area (Å²) in [7, 11) is 0. The zero-order valence-electron chi connectivity index (χ0n) is 13.4. The average Bonchev–Trinajstić information content (AvgIpc) is 3.04. The monoisotopic (exact) mass is 369 g/mol. The summed E-state index contributed by atoms with van der Waals surface area (Å²) >= 11 is 5.99. The second-order valence-corrected chi connectivity index (χ2v) is 6.44. The Bertz CT molecular complexity index is 703. The van der Waals surface area contributed by atoms with E-state index in [1.165, 1.54) is 0 Å². The van der Waals surface area contributed by atoms with E-state index in [1.807, 2.05) is 24.0 Å². The van der Waals surface area contributed by atoms with Crippen LogP contribution in [0.2, 0.25) is 5.02 Å². The molecule has 0 aliphatic carbocycles. The van der Waals surface area contributed by atoms with Gasteiger partial charge in [-0.15, -0.1) is 12.4 Å². The number of carbonyl (C=O) groups excluding carboxylic acids is 1. The molecule has 2 heterocycles. The van der Waals surface area contributed by atoms with Gasteiger partial charge in [0.15, 0.2) is 0 Å². The van der Waals surface area contributed by atoms with Gasteiger partial charge in [-0.1, -0.05) is 28.9 Å². The van der Waals surface area contributed by atoms with Gasteiger partial charge in [0, 0.05) is 35.3 Å². The van der Waals surface area contributed by atoms with E-state index in [4.69, 9.17) is 21.9 Å². The van der Waals surface area contributed by atoms with Crippen molar-refractivity contribution >= 4 is 29.9 Å². The molecule has 1 aromatic carbocycles. The Labute approximate surface area is 152 Å². The molecule has 1 fully saturated rings. The number of rotatable bonds is 3. The first-order valence-electron chi connectivity index (χ1n) is 7.85. The minimum absolute atomic E-state index is 0. The van der Waals surface area contributed by atoms with Crippen molar-refractivity contribution in [3.8, 4) is 11.3 Å². The lowest BCUT2D eigenvalue weighted by Crippen LogP contribution is -2.51. The van der Waals surface area contributed by atoms with Gasteiger partial charge in [0.2, 0.25) is 5.76 Å². The molecule has 1 aliphatic heterocycles. The molecule has 1 aliphatic rings. The van der Waals surface area contributed by atoms with Gasteiger partial charge in [0.1, 0.15) is 5.69 Å². The smallest absolute Gasteiger partial charge is 0.292 e. The standard InChI is InChI=1S/C17H20ClN3O2.ClH/c1-11(19)15-7-2-3-8-21(15)17(22)16-10-14(20-23-16)12-5-4-6-13(18)9-12;/h4-6,9-11,15H,2-3,7-8,19H2,1H3;1H. The lowest BCUT2D eigenvalue weighted by molar-refractivity contribution is 0.0542. The molecule has 2 aromatic rings. The number of hydrogen-bond acceptors (Lipinski definition) is 4. The molecule has 0 saturated carbocycles. The van der Waals surface area contributed by atoms with Gasteiger partial charge in [-0.2, -0.15) is 0 Å². The van der Waals surface area contributed by atoms with Crippen LogP contribution >= 0.6 is 24.0 Å². The van der Waals surface area contributed by atoms with Crippen molar-refractivity contribution in [2.75, 3.05) is 6.54 Å². The van der Waals surface area contributed by atoms with E-state index in [0.717, 1.165) is 24.8 Å². The predicted molar refractivity (Wildman–Crippen MR) is 96.5 cm³/mol. The third kappa shape index (κ3) is 3.91. The molecule has 1 aromatic heterocycles. The number of carbonyl (C=O) groups is 1. The van der Waals surface area contributed by atoms with Crippen LogP contribution in [-0.4, -0.2) is 34.6 Å². The number of nitrogens with two attached hydrogens (primary N) is 1. The SMILES string of the molecule is CC(N)C1CCCCN1C(=O)c1cc(-c2cccc(Cl)c2)no1.Cl. The Balaban J connectivity index is 0.00000208. The van der Waals surface area contributed by atoms with Crippen molar-refractivity contribution in [2.24, 2.45) is 5.73 Å². The van der Waals surface area contributed by atoms with E-state index < -0.39 is 0 Å². The summed E-state index contributed by atoms with van der Waals surface area (Å²) in [6.45, 7) is 2.65. The first-order chi connectivity index (χ1) is 11.1. The van der Waals surface area contributed by atoms with Crippen LogP contribution < -0.4 is 5.73 Å². The number of nitrogens with zero attached hydrogens (tertiary/aromatic N) is 2. The summed E-state index contributed by atoms with van der Waals surface area (Å²) in [5.41, 5.74) is 7.46. The summed E-state index contributed by atoms with van der Waals surface area (Å²) < 4.78 is 5.28. The van der Waals surface area contributed by atoms with Crippen molar-refractivity contribution in [1.82, 2.24) is 10.1 Å². The van der Waals surface area contributed by atoms with E-state index in [1.54, 1.807) is 18.2 Å². The molecule has 2 N–H and O–H groups in total. The van der Waals surface area contributed by atoms with Crippen LogP contribution in [0.4, 0.5) is 0 Å². The molecule has 2 atom stereocenters. The highest BCUT2D eigenvalue weighted by molar-refractivity contribution is 6.30. The van der Waals surface area contributed by atoms with Crippen LogP contribution in [0.3, 0.4) is 0 Å². The molecule has 7 heteroatoms. The van der Waals surface area contributed by atoms with Crippen molar-refractivity contribution in [3.05, 3.63) is 41.1 Å². The van der Waals surface area contributed by atoms with Crippen LogP contribution in [0.1, 0.15) is 36.7 Å². The Kier molecular flexibility index (Phi) is 6.27. The molecule has 0 bridgehead atoms. The van der Waals surface area contributed by atoms with E-state index in [-0.39, 0.29) is 36.2 Å². The summed E-state index contributed by atoms with van der Waals surface area (Å²) in [5, 5.41) is 4.62. The third-order valence-corrected chi connectivity index (χ3v) is 4.49. The third-order valence-electron chi connectivity index (χ3n) is 4.26. The molecule has 0 radical (unpaired) electrons. The molecule has 130 valence electrons. The summed E-state index contributed by atoms with van der Waals surface area (Å²) in [6.07, 6.45) is 3.02. The van der Waals surface area contributed by atoms with Gasteiger partial charge in [-0.05, 0) is 38.3 Å². The van der Waals surface area contributed by atoms with Crippen molar-refractivity contribution in [1.29, 1.82) is 0 Å². The van der Waals surface area contributed by atoms with E-state index in [2.05, 4.69) is 5.16 Å². The van der Waals surface area contributed by atoms with Crippen LogP contribution in [0.5, 0.6) is 0 Å². The molecule has 24 heavy (non-hydrogen) atoms. The maximum atomic E-state index is 12.7. The zero-order chi connectivity index (χ0) is 16.4. The van der Waals surface area contributed by atoms with Gasteiger partial charge < -0.3 is 15.2 Å². The van der Waals surface area contributed by atoms with E-state index in [0.29, 0.717) is 17.3 Å². The summed E-state index contributed by atoms with van der Waals surface area (Å²) in [6, 6.07) is 8.96. The van der Waals surface area contributed by atoms with Crippen molar-refractivity contribution < 1.29 is 9.32 Å². The largest absolute Gasteiger partial charge is 0.350 e. The molecule has 1 saturated heterocycles. The number of piperidine rings is 1. The number of benzene rings is 1. The van der Waals surface area contributed by atoms with Gasteiger partial charge in [-0.25, -0.2) is 0 Å². The van der Waals surface area contributed by atoms with Crippen molar-refractivity contribution in [2.45, 2.75) is 38.3 Å². The molecule has 2 unspecified atom stereocenters. The van der Waals surface area contributed by atoms with Gasteiger partial charge >= 0.3 is 0 Å². The summed E-state index contributed by atoms with van der Waals surface area (Å²) in [4.78, 5) is 14.6. The minimum atomic E-state index is -0.146. The maximum Gasteiger partial charge on any atom is 0.292 e. The van der Waals surface area contributed by atoms with Gasteiger partial charge in [-0.3, -0.25) is 4.79 Å². The van der Waals surface area contributed by atoms with Crippen LogP contribution in [-0.2, 0) is 0 Å². The summed E-state index contributed by atoms with van der Waals surface area (Å²) in [5.74, 6) is 0.0975. The number of amides is 1. The Morgan fingerprint density at radius 3 is 2.92 bits per heavy atom. The number of aromatic nitrogens is 1. The van der Waals surface area contributed by atoms with Crippen molar-refractivity contribution in [3.63, 3.8) is 0 Å². The average molecular weight is 370 g/mol. The fourth-order valence-electron chi connectivity index (χ4n) is 3.06. The number of halogens is 2. The van der Waals surface area contributed by atoms with Gasteiger partial charge in [0.25, 0.3) is 5.91 Å². The topological polar surface area (TPSA) is 72.4 Å². The quantitative estimate of drug-likeness (QED) is 0.893. The number of likely N-dealkylation sites (tertiary alicyclic amines) is 1.